The second-order valence-corrected chi connectivity index (χ2v) is 9.97. The summed E-state index contributed by atoms with van der Waals surface area (Å²) in [5, 5.41) is 10.5. The van der Waals surface area contributed by atoms with E-state index in [2.05, 4.69) is 0 Å². The van der Waals surface area contributed by atoms with Crippen molar-refractivity contribution in [3.05, 3.63) is 94.2 Å². The number of aryl methyl sites for hydroxylation is 1. The van der Waals surface area contributed by atoms with E-state index in [0.29, 0.717) is 18.5 Å². The second kappa shape index (κ2) is 9.30. The Morgan fingerprint density at radius 2 is 1.77 bits per heavy atom. The van der Waals surface area contributed by atoms with Crippen molar-refractivity contribution in [3.8, 4) is 11.1 Å². The first-order valence-electron chi connectivity index (χ1n) is 11.7. The summed E-state index contributed by atoms with van der Waals surface area (Å²) in [6.45, 7) is 5.65. The van der Waals surface area contributed by atoms with E-state index in [0.717, 1.165) is 16.7 Å². The fourth-order valence-corrected chi connectivity index (χ4v) is 4.82. The van der Waals surface area contributed by atoms with Gasteiger partial charge in [-0.05, 0) is 61.2 Å². The van der Waals surface area contributed by atoms with Gasteiger partial charge in [0.15, 0.2) is 0 Å². The molecule has 6 nitrogen and oxygen atoms in total. The number of nitrogens with zero attached hydrogens (tertiary/aromatic N) is 2. The summed E-state index contributed by atoms with van der Waals surface area (Å²) < 4.78 is 21.5. The Hall–Kier alpha value is -3.45. The number of benzene rings is 2. The van der Waals surface area contributed by atoms with Gasteiger partial charge in [0.05, 0.1) is 11.6 Å². The van der Waals surface area contributed by atoms with Gasteiger partial charge in [-0.1, -0.05) is 36.4 Å². The van der Waals surface area contributed by atoms with Crippen LogP contribution in [0.4, 0.5) is 9.18 Å². The van der Waals surface area contributed by atoms with E-state index >= 15 is 0 Å². The van der Waals surface area contributed by atoms with Crippen molar-refractivity contribution in [1.82, 2.24) is 9.47 Å². The number of aromatic nitrogens is 1. The lowest BCUT2D eigenvalue weighted by atomic mass is 9.80. The largest absolute Gasteiger partial charge is 0.438 e. The van der Waals surface area contributed by atoms with Crippen LogP contribution in [0.3, 0.4) is 0 Å². The normalized spacial score (nSPS) is 19.4. The zero-order valence-corrected chi connectivity index (χ0v) is 20.5. The van der Waals surface area contributed by atoms with Gasteiger partial charge in [0, 0.05) is 38.7 Å². The summed E-state index contributed by atoms with van der Waals surface area (Å²) >= 11 is 0. The zero-order chi connectivity index (χ0) is 25.4. The molecule has 2 atom stereocenters. The molecule has 7 heteroatoms. The Kier molecular flexibility index (Phi) is 6.56. The summed E-state index contributed by atoms with van der Waals surface area (Å²) in [6.07, 6.45) is 1.87. The average Bonchev–Trinajstić information content (AvgIpc) is 2.80. The lowest BCUT2D eigenvalue weighted by molar-refractivity contribution is -0.101. The van der Waals surface area contributed by atoms with Crippen LogP contribution in [0.5, 0.6) is 0 Å². The monoisotopic (exact) mass is 478 g/mol. The van der Waals surface area contributed by atoms with Crippen LogP contribution in [-0.2, 0) is 17.4 Å². The van der Waals surface area contributed by atoms with Crippen LogP contribution in [0.1, 0.15) is 50.8 Å². The molecule has 0 bridgehead atoms. The SMILES string of the molecule is CC(c1ccc(-c2ccc(=O)n(C)c2)cc1)N1CCC(CC(C)(C)O)(c2cccc(F)c2)OC1=O. The van der Waals surface area contributed by atoms with Gasteiger partial charge in [-0.15, -0.1) is 0 Å². The smallest absolute Gasteiger partial charge is 0.411 e. The number of amides is 1. The molecule has 0 saturated carbocycles. The number of carbonyl (C=O) groups excluding carboxylic acids is 1. The Morgan fingerprint density at radius 1 is 1.09 bits per heavy atom. The predicted molar refractivity (Wildman–Crippen MR) is 132 cm³/mol. The number of cyclic esters (lactones) is 1. The molecular formula is C28H31FN2O4. The maximum atomic E-state index is 14.0. The Morgan fingerprint density at radius 3 is 2.37 bits per heavy atom. The molecule has 1 aliphatic rings. The van der Waals surface area contributed by atoms with Crippen LogP contribution < -0.4 is 5.56 Å². The number of ether oxygens (including phenoxy) is 1. The van der Waals surface area contributed by atoms with Crippen LogP contribution in [0.15, 0.2) is 71.7 Å². The number of rotatable bonds is 6. The maximum Gasteiger partial charge on any atom is 0.411 e. The highest BCUT2D eigenvalue weighted by Gasteiger charge is 2.46. The lowest BCUT2D eigenvalue weighted by Crippen LogP contribution is -2.51. The minimum atomic E-state index is -1.11. The van der Waals surface area contributed by atoms with E-state index in [1.54, 1.807) is 50.2 Å². The van der Waals surface area contributed by atoms with Crippen molar-refractivity contribution in [2.45, 2.75) is 50.9 Å². The highest BCUT2D eigenvalue weighted by molar-refractivity contribution is 5.70. The van der Waals surface area contributed by atoms with Crippen molar-refractivity contribution < 1.29 is 19.0 Å². The zero-order valence-electron chi connectivity index (χ0n) is 20.5. The molecule has 4 rings (SSSR count). The van der Waals surface area contributed by atoms with Gasteiger partial charge < -0.3 is 19.3 Å². The molecule has 2 aromatic carbocycles. The average molecular weight is 479 g/mol. The lowest BCUT2D eigenvalue weighted by Gasteiger charge is -2.45. The number of hydrogen-bond acceptors (Lipinski definition) is 4. The molecule has 1 amide bonds. The van der Waals surface area contributed by atoms with Crippen molar-refractivity contribution in [1.29, 1.82) is 0 Å². The van der Waals surface area contributed by atoms with E-state index in [9.17, 15) is 19.1 Å². The number of aliphatic hydroxyl groups is 1. The first-order chi connectivity index (χ1) is 16.5. The molecule has 1 N–H and O–H groups in total. The van der Waals surface area contributed by atoms with Crippen LogP contribution in [-0.4, -0.2) is 32.8 Å². The Bertz CT molecular complexity index is 1280. The van der Waals surface area contributed by atoms with Gasteiger partial charge in [0.25, 0.3) is 0 Å². The maximum absolute atomic E-state index is 14.0. The van der Waals surface area contributed by atoms with E-state index in [-0.39, 0.29) is 18.0 Å². The van der Waals surface area contributed by atoms with E-state index in [1.807, 2.05) is 31.2 Å². The number of carbonyl (C=O) groups is 1. The van der Waals surface area contributed by atoms with Crippen molar-refractivity contribution >= 4 is 6.09 Å². The molecule has 1 fully saturated rings. The Balaban J connectivity index is 1.55. The first-order valence-corrected chi connectivity index (χ1v) is 11.7. The van der Waals surface area contributed by atoms with Gasteiger partial charge in [-0.25, -0.2) is 9.18 Å². The summed E-state index contributed by atoms with van der Waals surface area (Å²) in [7, 11) is 1.71. The number of hydrogen-bond donors (Lipinski definition) is 1. The summed E-state index contributed by atoms with van der Waals surface area (Å²) in [4.78, 5) is 26.5. The van der Waals surface area contributed by atoms with Crippen molar-refractivity contribution in [2.24, 2.45) is 7.05 Å². The highest BCUT2D eigenvalue weighted by atomic mass is 19.1. The first kappa shape index (κ1) is 24.7. The number of halogens is 1. The van der Waals surface area contributed by atoms with Crippen LogP contribution >= 0.6 is 0 Å². The molecule has 2 unspecified atom stereocenters. The predicted octanol–water partition coefficient (Wildman–Crippen LogP) is 5.15. The van der Waals surface area contributed by atoms with E-state index in [4.69, 9.17) is 4.74 Å². The summed E-state index contributed by atoms with van der Waals surface area (Å²) in [5.74, 6) is -0.414. The third kappa shape index (κ3) is 5.30. The minimum Gasteiger partial charge on any atom is -0.438 e. The third-order valence-corrected chi connectivity index (χ3v) is 6.62. The van der Waals surface area contributed by atoms with E-state index in [1.165, 1.54) is 22.8 Å². The van der Waals surface area contributed by atoms with Crippen LogP contribution in [0, 0.1) is 5.82 Å². The molecule has 1 saturated heterocycles. The van der Waals surface area contributed by atoms with Crippen molar-refractivity contribution in [2.75, 3.05) is 6.54 Å². The van der Waals surface area contributed by atoms with Crippen LogP contribution in [0.2, 0.25) is 0 Å². The Labute approximate surface area is 204 Å². The summed E-state index contributed by atoms with van der Waals surface area (Å²) in [6, 6.07) is 17.0. The fourth-order valence-electron chi connectivity index (χ4n) is 4.82. The molecule has 2 heterocycles. The van der Waals surface area contributed by atoms with Gasteiger partial charge in [0.1, 0.15) is 11.4 Å². The molecule has 1 aliphatic heterocycles. The van der Waals surface area contributed by atoms with Gasteiger partial charge in [-0.3, -0.25) is 4.79 Å². The molecule has 0 aliphatic carbocycles. The molecule has 3 aromatic rings. The number of pyridine rings is 1. The van der Waals surface area contributed by atoms with Crippen LogP contribution in [0.25, 0.3) is 11.1 Å². The van der Waals surface area contributed by atoms with E-state index < -0.39 is 23.1 Å². The molecule has 1 aromatic heterocycles. The molecular weight excluding hydrogens is 447 g/mol. The van der Waals surface area contributed by atoms with Crippen molar-refractivity contribution in [3.63, 3.8) is 0 Å². The molecule has 0 spiro atoms. The summed E-state index contributed by atoms with van der Waals surface area (Å²) in [5.41, 5.74) is 1.08. The standard InChI is InChI=1S/C28H31FN2O4/c1-19(20-8-10-21(11-9-20)22-12-13-25(32)30(4)17-22)31-15-14-28(35-26(31)33,18-27(2,3)34)23-6-5-7-24(29)16-23/h5-13,16-17,19,34H,14-15,18H2,1-4H3. The van der Waals surface area contributed by atoms with Gasteiger partial charge in [-0.2, -0.15) is 0 Å². The second-order valence-electron chi connectivity index (χ2n) is 9.97. The quantitative estimate of drug-likeness (QED) is 0.532. The topological polar surface area (TPSA) is 71.8 Å². The third-order valence-electron chi connectivity index (χ3n) is 6.62. The highest BCUT2D eigenvalue weighted by Crippen LogP contribution is 2.42. The molecule has 0 radical (unpaired) electrons. The van der Waals surface area contributed by atoms with Gasteiger partial charge in [0.2, 0.25) is 5.56 Å². The molecule has 184 valence electrons. The molecule has 35 heavy (non-hydrogen) atoms. The minimum absolute atomic E-state index is 0.0681. The van der Waals surface area contributed by atoms with Gasteiger partial charge >= 0.3 is 6.09 Å². The fraction of sp³-hybridized carbons (Fsp3) is 0.357.